The lowest BCUT2D eigenvalue weighted by Crippen LogP contribution is -2.44. The van der Waals surface area contributed by atoms with Crippen LogP contribution < -0.4 is 19.5 Å². The van der Waals surface area contributed by atoms with E-state index in [2.05, 4.69) is 20.4 Å². The van der Waals surface area contributed by atoms with Crippen LogP contribution in [0.2, 0.25) is 0 Å². The van der Waals surface area contributed by atoms with Crippen molar-refractivity contribution in [2.75, 3.05) is 33.9 Å². The molecule has 1 unspecified atom stereocenters. The van der Waals surface area contributed by atoms with Crippen LogP contribution in [0, 0.1) is 12.8 Å². The summed E-state index contributed by atoms with van der Waals surface area (Å²) in [7, 11) is 3.19. The molecule has 1 amide bonds. The summed E-state index contributed by atoms with van der Waals surface area (Å²) in [5.74, 6) is 3.19. The normalized spacial score (nSPS) is 15.3. The van der Waals surface area contributed by atoms with Crippen LogP contribution in [0.4, 0.5) is 0 Å². The maximum atomic E-state index is 12.7. The van der Waals surface area contributed by atoms with Gasteiger partial charge >= 0.3 is 0 Å². The Bertz CT molecular complexity index is 1140. The topological polar surface area (TPSA) is 99.0 Å². The first-order valence-corrected chi connectivity index (χ1v) is 12.2. The number of likely N-dealkylation sites (tertiary alicyclic amines) is 1. The summed E-state index contributed by atoms with van der Waals surface area (Å²) in [6, 6.07) is 13.4. The molecule has 36 heavy (non-hydrogen) atoms. The van der Waals surface area contributed by atoms with Crippen molar-refractivity contribution in [3.05, 3.63) is 53.9 Å². The number of piperidine rings is 1. The fraction of sp³-hybridized carbons (Fsp3) is 0.444. The molecule has 0 bridgehead atoms. The Morgan fingerprint density at radius 2 is 1.83 bits per heavy atom. The van der Waals surface area contributed by atoms with Crippen LogP contribution in [0.1, 0.15) is 31.2 Å². The summed E-state index contributed by atoms with van der Waals surface area (Å²) < 4.78 is 21.9. The summed E-state index contributed by atoms with van der Waals surface area (Å²) in [5.41, 5.74) is 1.98. The molecule has 4 rings (SSSR count). The van der Waals surface area contributed by atoms with Gasteiger partial charge in [0.25, 0.3) is 0 Å². The SMILES string of the molecule is COc1ccc(-c2noc(CN3CCC(C(=O)NC(C)COc4ccc(C)cc4)CC3)n2)cc1OC. The van der Waals surface area contributed by atoms with E-state index >= 15 is 0 Å². The average Bonchev–Trinajstić information content (AvgIpc) is 3.36. The van der Waals surface area contributed by atoms with Gasteiger partial charge in [0.15, 0.2) is 11.5 Å². The average molecular weight is 495 g/mol. The van der Waals surface area contributed by atoms with Gasteiger partial charge in [-0.2, -0.15) is 4.98 Å². The van der Waals surface area contributed by atoms with Gasteiger partial charge in [-0.25, -0.2) is 0 Å². The van der Waals surface area contributed by atoms with Crippen molar-refractivity contribution in [2.45, 2.75) is 39.3 Å². The van der Waals surface area contributed by atoms with Gasteiger partial charge < -0.3 is 24.1 Å². The van der Waals surface area contributed by atoms with E-state index in [1.54, 1.807) is 14.2 Å². The molecule has 1 saturated heterocycles. The van der Waals surface area contributed by atoms with E-state index in [9.17, 15) is 4.79 Å². The van der Waals surface area contributed by atoms with Crippen molar-refractivity contribution in [2.24, 2.45) is 5.92 Å². The molecule has 1 aliphatic heterocycles. The summed E-state index contributed by atoms with van der Waals surface area (Å²) in [6.45, 7) is 6.58. The number of nitrogens with one attached hydrogen (secondary N) is 1. The number of hydrogen-bond acceptors (Lipinski definition) is 8. The first-order chi connectivity index (χ1) is 17.4. The minimum atomic E-state index is -0.0646. The predicted molar refractivity (Wildman–Crippen MR) is 135 cm³/mol. The van der Waals surface area contributed by atoms with Crippen LogP contribution in [-0.2, 0) is 11.3 Å². The minimum absolute atomic E-state index is 0.00640. The Morgan fingerprint density at radius 1 is 1.11 bits per heavy atom. The highest BCUT2D eigenvalue weighted by molar-refractivity contribution is 5.79. The second kappa shape index (κ2) is 11.9. The summed E-state index contributed by atoms with van der Waals surface area (Å²) in [6.07, 6.45) is 1.57. The van der Waals surface area contributed by atoms with Gasteiger partial charge in [0.1, 0.15) is 12.4 Å². The molecule has 3 aromatic rings. The summed E-state index contributed by atoms with van der Waals surface area (Å²) >= 11 is 0. The molecule has 1 aliphatic rings. The zero-order valence-corrected chi connectivity index (χ0v) is 21.3. The molecule has 2 heterocycles. The van der Waals surface area contributed by atoms with Crippen molar-refractivity contribution < 1.29 is 23.5 Å². The second-order valence-corrected chi connectivity index (χ2v) is 9.17. The number of aryl methyl sites for hydroxylation is 1. The van der Waals surface area contributed by atoms with Gasteiger partial charge in [0.05, 0.1) is 26.8 Å². The third-order valence-corrected chi connectivity index (χ3v) is 6.34. The summed E-state index contributed by atoms with van der Waals surface area (Å²) in [4.78, 5) is 19.5. The number of ether oxygens (including phenoxy) is 3. The van der Waals surface area contributed by atoms with Gasteiger partial charge in [-0.15, -0.1) is 0 Å². The number of rotatable bonds is 10. The third kappa shape index (κ3) is 6.54. The van der Waals surface area contributed by atoms with Gasteiger partial charge in [-0.1, -0.05) is 22.9 Å². The van der Waals surface area contributed by atoms with E-state index in [1.807, 2.05) is 56.3 Å². The number of carbonyl (C=O) groups is 1. The first-order valence-electron chi connectivity index (χ1n) is 12.2. The van der Waals surface area contributed by atoms with E-state index in [0.29, 0.717) is 36.4 Å². The van der Waals surface area contributed by atoms with Crippen LogP contribution in [0.5, 0.6) is 17.2 Å². The number of nitrogens with zero attached hydrogens (tertiary/aromatic N) is 3. The van der Waals surface area contributed by atoms with Crippen LogP contribution in [0.25, 0.3) is 11.4 Å². The number of amides is 1. The lowest BCUT2D eigenvalue weighted by atomic mass is 9.95. The molecule has 0 aliphatic carbocycles. The summed E-state index contributed by atoms with van der Waals surface area (Å²) in [5, 5.41) is 7.21. The van der Waals surface area contributed by atoms with E-state index in [4.69, 9.17) is 18.7 Å². The van der Waals surface area contributed by atoms with Crippen LogP contribution in [0.15, 0.2) is 47.0 Å². The van der Waals surface area contributed by atoms with Gasteiger partial charge in [0.2, 0.25) is 17.6 Å². The molecule has 1 atom stereocenters. The standard InChI is InChI=1S/C27H34N4O5/c1-18-5-8-22(9-6-18)35-17-19(2)28-27(32)20-11-13-31(14-12-20)16-25-29-26(30-36-25)21-7-10-23(33-3)24(15-21)34-4/h5-10,15,19-20H,11-14,16-17H2,1-4H3,(H,28,32). The minimum Gasteiger partial charge on any atom is -0.493 e. The van der Waals surface area contributed by atoms with Crippen LogP contribution >= 0.6 is 0 Å². The molecule has 2 aromatic carbocycles. The fourth-order valence-corrected chi connectivity index (χ4v) is 4.21. The molecule has 192 valence electrons. The van der Waals surface area contributed by atoms with Crippen molar-refractivity contribution in [1.29, 1.82) is 0 Å². The Kier molecular flexibility index (Phi) is 8.43. The van der Waals surface area contributed by atoms with Crippen molar-refractivity contribution in [3.8, 4) is 28.6 Å². The highest BCUT2D eigenvalue weighted by Gasteiger charge is 2.27. The van der Waals surface area contributed by atoms with Gasteiger partial charge in [-0.05, 0) is 70.1 Å². The molecular weight excluding hydrogens is 460 g/mol. The quantitative estimate of drug-likeness (QED) is 0.454. The molecule has 9 heteroatoms. The first kappa shape index (κ1) is 25.5. The van der Waals surface area contributed by atoms with Gasteiger partial charge in [0, 0.05) is 11.5 Å². The molecule has 0 saturated carbocycles. The lowest BCUT2D eigenvalue weighted by Gasteiger charge is -2.30. The van der Waals surface area contributed by atoms with Crippen molar-refractivity contribution in [1.82, 2.24) is 20.4 Å². The van der Waals surface area contributed by atoms with E-state index < -0.39 is 0 Å². The third-order valence-electron chi connectivity index (χ3n) is 6.34. The number of hydrogen-bond donors (Lipinski definition) is 1. The van der Waals surface area contributed by atoms with Crippen LogP contribution in [-0.4, -0.2) is 60.9 Å². The van der Waals surface area contributed by atoms with Crippen LogP contribution in [0.3, 0.4) is 0 Å². The number of aromatic nitrogens is 2. The Hall–Kier alpha value is -3.59. The zero-order valence-electron chi connectivity index (χ0n) is 21.3. The molecule has 1 fully saturated rings. The second-order valence-electron chi connectivity index (χ2n) is 9.17. The van der Waals surface area contributed by atoms with E-state index in [0.717, 1.165) is 37.2 Å². The molecule has 1 N–H and O–H groups in total. The predicted octanol–water partition coefficient (Wildman–Crippen LogP) is 3.86. The molecule has 9 nitrogen and oxygen atoms in total. The van der Waals surface area contributed by atoms with Gasteiger partial charge in [-0.3, -0.25) is 9.69 Å². The van der Waals surface area contributed by atoms with Crippen molar-refractivity contribution >= 4 is 5.91 Å². The molecule has 1 aromatic heterocycles. The largest absolute Gasteiger partial charge is 0.493 e. The number of benzene rings is 2. The van der Waals surface area contributed by atoms with E-state index in [1.165, 1.54) is 5.56 Å². The molecular formula is C27H34N4O5. The Labute approximate surface area is 211 Å². The lowest BCUT2D eigenvalue weighted by molar-refractivity contribution is -0.127. The highest BCUT2D eigenvalue weighted by Crippen LogP contribution is 2.31. The maximum Gasteiger partial charge on any atom is 0.241 e. The Morgan fingerprint density at radius 3 is 2.53 bits per heavy atom. The highest BCUT2D eigenvalue weighted by atomic mass is 16.5. The fourth-order valence-electron chi connectivity index (χ4n) is 4.21. The maximum absolute atomic E-state index is 12.7. The molecule has 0 radical (unpaired) electrons. The Balaban J connectivity index is 1.22. The number of carbonyl (C=O) groups excluding carboxylic acids is 1. The van der Waals surface area contributed by atoms with Crippen molar-refractivity contribution in [3.63, 3.8) is 0 Å². The zero-order chi connectivity index (χ0) is 25.5. The monoisotopic (exact) mass is 494 g/mol. The number of methoxy groups -OCH3 is 2. The molecule has 0 spiro atoms. The smallest absolute Gasteiger partial charge is 0.241 e. The van der Waals surface area contributed by atoms with E-state index in [-0.39, 0.29) is 17.9 Å².